The number of halogens is 3. The largest absolute Gasteiger partial charge is 0.496 e. The lowest BCUT2D eigenvalue weighted by Crippen LogP contribution is -2.05. The van der Waals surface area contributed by atoms with Crippen molar-refractivity contribution in [3.05, 3.63) is 47.7 Å². The van der Waals surface area contributed by atoms with Gasteiger partial charge < -0.3 is 4.74 Å². The smallest absolute Gasteiger partial charge is 0.416 e. The molecular weight excluding hydrogens is 271 g/mol. The second-order valence-electron chi connectivity index (χ2n) is 4.01. The first-order valence-corrected chi connectivity index (χ1v) is 5.62. The Kier molecular flexibility index (Phi) is 3.74. The number of methoxy groups -OCH3 is 1. The third kappa shape index (κ3) is 2.79. The van der Waals surface area contributed by atoms with E-state index in [9.17, 15) is 18.0 Å². The molecule has 0 saturated carbocycles. The van der Waals surface area contributed by atoms with Gasteiger partial charge in [0.25, 0.3) is 0 Å². The van der Waals surface area contributed by atoms with E-state index in [1.807, 2.05) is 0 Å². The van der Waals surface area contributed by atoms with Crippen LogP contribution in [0.15, 0.2) is 36.5 Å². The Labute approximate surface area is 113 Å². The van der Waals surface area contributed by atoms with Crippen LogP contribution < -0.4 is 4.74 Å². The van der Waals surface area contributed by atoms with Crippen LogP contribution in [-0.2, 0) is 6.18 Å². The zero-order chi connectivity index (χ0) is 14.8. The summed E-state index contributed by atoms with van der Waals surface area (Å²) in [5.41, 5.74) is 0.460. The number of hydrogen-bond acceptors (Lipinski definition) is 3. The van der Waals surface area contributed by atoms with Crippen LogP contribution in [0.1, 0.15) is 15.9 Å². The molecule has 1 heterocycles. The highest BCUT2D eigenvalue weighted by Crippen LogP contribution is 2.36. The first-order chi connectivity index (χ1) is 9.45. The van der Waals surface area contributed by atoms with Crippen molar-refractivity contribution in [3.8, 4) is 17.0 Å². The van der Waals surface area contributed by atoms with Crippen LogP contribution in [0.5, 0.6) is 5.75 Å². The number of hydrogen-bond donors (Lipinski definition) is 0. The van der Waals surface area contributed by atoms with Gasteiger partial charge in [-0.2, -0.15) is 13.2 Å². The number of aromatic nitrogens is 1. The van der Waals surface area contributed by atoms with Gasteiger partial charge in [0.15, 0.2) is 6.29 Å². The van der Waals surface area contributed by atoms with Crippen LogP contribution >= 0.6 is 0 Å². The highest BCUT2D eigenvalue weighted by Gasteiger charge is 2.31. The fraction of sp³-hybridized carbons (Fsp3) is 0.143. The van der Waals surface area contributed by atoms with Gasteiger partial charge in [-0.15, -0.1) is 0 Å². The molecule has 0 unspecified atom stereocenters. The van der Waals surface area contributed by atoms with E-state index in [-0.39, 0.29) is 5.75 Å². The Balaban J connectivity index is 2.48. The van der Waals surface area contributed by atoms with Crippen molar-refractivity contribution in [2.45, 2.75) is 6.18 Å². The predicted octanol–water partition coefficient (Wildman–Crippen LogP) is 3.59. The minimum Gasteiger partial charge on any atom is -0.496 e. The van der Waals surface area contributed by atoms with E-state index in [1.165, 1.54) is 25.4 Å². The first kappa shape index (κ1) is 14.0. The van der Waals surface area contributed by atoms with Gasteiger partial charge in [0, 0.05) is 17.3 Å². The van der Waals surface area contributed by atoms with Gasteiger partial charge in [0.2, 0.25) is 0 Å². The summed E-state index contributed by atoms with van der Waals surface area (Å²) in [5.74, 6) is 0.0752. The van der Waals surface area contributed by atoms with Crippen molar-refractivity contribution in [3.63, 3.8) is 0 Å². The van der Waals surface area contributed by atoms with E-state index in [0.29, 0.717) is 23.1 Å². The van der Waals surface area contributed by atoms with Gasteiger partial charge in [-0.1, -0.05) is 0 Å². The molecule has 0 spiro atoms. The Morgan fingerprint density at radius 2 is 1.95 bits per heavy atom. The molecule has 0 aliphatic heterocycles. The molecule has 0 aliphatic carbocycles. The van der Waals surface area contributed by atoms with Gasteiger partial charge >= 0.3 is 6.18 Å². The minimum absolute atomic E-state index is 0.0752. The van der Waals surface area contributed by atoms with E-state index in [0.717, 1.165) is 12.1 Å². The number of alkyl halides is 3. The molecule has 3 nitrogen and oxygen atoms in total. The summed E-state index contributed by atoms with van der Waals surface area (Å²) in [7, 11) is 1.29. The quantitative estimate of drug-likeness (QED) is 0.807. The number of benzene rings is 1. The van der Waals surface area contributed by atoms with E-state index in [1.54, 1.807) is 6.07 Å². The summed E-state index contributed by atoms with van der Waals surface area (Å²) in [6, 6.07) is 6.27. The van der Waals surface area contributed by atoms with Crippen LogP contribution in [0.4, 0.5) is 13.2 Å². The molecule has 2 rings (SSSR count). The number of nitrogens with zero attached hydrogens (tertiary/aromatic N) is 1. The van der Waals surface area contributed by atoms with Crippen LogP contribution in [0, 0.1) is 0 Å². The van der Waals surface area contributed by atoms with E-state index in [4.69, 9.17) is 4.74 Å². The van der Waals surface area contributed by atoms with Gasteiger partial charge in [0.1, 0.15) is 5.75 Å². The molecule has 0 bridgehead atoms. The van der Waals surface area contributed by atoms with Gasteiger partial charge in [-0.25, -0.2) is 0 Å². The third-order valence-electron chi connectivity index (χ3n) is 2.73. The fourth-order valence-electron chi connectivity index (χ4n) is 1.71. The molecule has 1 aromatic carbocycles. The maximum atomic E-state index is 12.6. The molecule has 104 valence electrons. The van der Waals surface area contributed by atoms with Crippen LogP contribution in [0.3, 0.4) is 0 Å². The molecule has 0 N–H and O–H groups in total. The van der Waals surface area contributed by atoms with E-state index in [2.05, 4.69) is 4.98 Å². The Morgan fingerprint density at radius 3 is 2.45 bits per heavy atom. The van der Waals surface area contributed by atoms with Crippen LogP contribution in [0.2, 0.25) is 0 Å². The summed E-state index contributed by atoms with van der Waals surface area (Å²) in [6.07, 6.45) is -2.44. The summed E-state index contributed by atoms with van der Waals surface area (Å²) in [6.45, 7) is 0. The fourth-order valence-corrected chi connectivity index (χ4v) is 1.71. The number of rotatable bonds is 3. The number of ether oxygens (including phenoxy) is 1. The van der Waals surface area contributed by atoms with Gasteiger partial charge in [-0.3, -0.25) is 9.78 Å². The molecule has 0 saturated heterocycles. The lowest BCUT2D eigenvalue weighted by Gasteiger charge is -2.12. The van der Waals surface area contributed by atoms with E-state index >= 15 is 0 Å². The minimum atomic E-state index is -4.43. The van der Waals surface area contributed by atoms with Crippen molar-refractivity contribution in [2.24, 2.45) is 0 Å². The average Bonchev–Trinajstić information content (AvgIpc) is 2.45. The zero-order valence-electron chi connectivity index (χ0n) is 10.4. The normalized spacial score (nSPS) is 11.2. The second kappa shape index (κ2) is 5.32. The molecule has 0 fully saturated rings. The first-order valence-electron chi connectivity index (χ1n) is 5.62. The Morgan fingerprint density at radius 1 is 1.20 bits per heavy atom. The summed E-state index contributed by atoms with van der Waals surface area (Å²) < 4.78 is 42.9. The molecule has 0 atom stereocenters. The summed E-state index contributed by atoms with van der Waals surface area (Å²) >= 11 is 0. The maximum absolute atomic E-state index is 12.6. The zero-order valence-corrected chi connectivity index (χ0v) is 10.4. The number of carbonyl (C=O) groups is 1. The molecular formula is C14H10F3NO2. The summed E-state index contributed by atoms with van der Waals surface area (Å²) in [4.78, 5) is 14.6. The molecule has 2 aromatic rings. The Hall–Kier alpha value is -2.37. The van der Waals surface area contributed by atoms with Crippen LogP contribution in [0.25, 0.3) is 11.3 Å². The van der Waals surface area contributed by atoms with Crippen molar-refractivity contribution in [2.75, 3.05) is 7.11 Å². The van der Waals surface area contributed by atoms with Crippen molar-refractivity contribution >= 4 is 6.29 Å². The number of aldehydes is 1. The summed E-state index contributed by atoms with van der Waals surface area (Å²) in [5, 5.41) is 0. The van der Waals surface area contributed by atoms with Crippen LogP contribution in [-0.4, -0.2) is 18.4 Å². The van der Waals surface area contributed by atoms with Crippen molar-refractivity contribution in [1.82, 2.24) is 4.98 Å². The van der Waals surface area contributed by atoms with Crippen molar-refractivity contribution in [1.29, 1.82) is 0 Å². The van der Waals surface area contributed by atoms with Gasteiger partial charge in [0.05, 0.1) is 18.4 Å². The molecule has 0 amide bonds. The number of pyridine rings is 1. The highest BCUT2D eigenvalue weighted by atomic mass is 19.4. The molecule has 0 radical (unpaired) electrons. The molecule has 0 aliphatic rings. The molecule has 1 aromatic heterocycles. The van der Waals surface area contributed by atoms with E-state index < -0.39 is 11.7 Å². The average molecular weight is 281 g/mol. The van der Waals surface area contributed by atoms with Gasteiger partial charge in [-0.05, 0) is 30.3 Å². The lowest BCUT2D eigenvalue weighted by molar-refractivity contribution is -0.137. The standard InChI is InChI=1S/C14H10F3NO2/c1-20-13-6-10(14(15,16)17)3-4-11(13)12-5-2-9(8-19)7-18-12/h2-8H,1H3. The SMILES string of the molecule is COc1cc(C(F)(F)F)ccc1-c1ccc(C=O)cn1. The number of carbonyl (C=O) groups excluding carboxylic acids is 1. The topological polar surface area (TPSA) is 39.2 Å². The highest BCUT2D eigenvalue weighted by molar-refractivity contribution is 5.76. The third-order valence-corrected chi connectivity index (χ3v) is 2.73. The maximum Gasteiger partial charge on any atom is 0.416 e. The lowest BCUT2D eigenvalue weighted by atomic mass is 10.1. The van der Waals surface area contributed by atoms with Crippen molar-refractivity contribution < 1.29 is 22.7 Å². The predicted molar refractivity (Wildman–Crippen MR) is 66.6 cm³/mol. The second-order valence-corrected chi connectivity index (χ2v) is 4.01. The molecule has 6 heteroatoms. The molecule has 20 heavy (non-hydrogen) atoms. The monoisotopic (exact) mass is 281 g/mol. The Bertz CT molecular complexity index is 621.